The average molecular weight is 411 g/mol. The summed E-state index contributed by atoms with van der Waals surface area (Å²) in [6, 6.07) is 9.37. The molecule has 0 saturated carbocycles. The van der Waals surface area contributed by atoms with Gasteiger partial charge in [0.25, 0.3) is 0 Å². The number of nitrogens with two attached hydrogens (primary N) is 1. The molecule has 8 heteroatoms. The molecular formula is C21H33NO7. The smallest absolute Gasteiger partial charge is 0.465 e. The lowest BCUT2D eigenvalue weighted by atomic mass is 9.96. The van der Waals surface area contributed by atoms with Crippen molar-refractivity contribution in [3.8, 4) is 0 Å². The molecule has 0 spiro atoms. The maximum Gasteiger partial charge on any atom is 0.508 e. The van der Waals surface area contributed by atoms with Crippen molar-refractivity contribution < 1.29 is 33.3 Å². The molecule has 0 radical (unpaired) electrons. The van der Waals surface area contributed by atoms with Crippen LogP contribution in [0.4, 0.5) is 9.59 Å². The Morgan fingerprint density at radius 3 is 2.07 bits per heavy atom. The summed E-state index contributed by atoms with van der Waals surface area (Å²) in [7, 11) is 0. The van der Waals surface area contributed by atoms with Crippen molar-refractivity contribution in [3.63, 3.8) is 0 Å². The van der Waals surface area contributed by atoms with Crippen LogP contribution in [-0.4, -0.2) is 38.0 Å². The first-order chi connectivity index (χ1) is 13.6. The molecule has 0 atom stereocenters. The number of ether oxygens (including phenoxy) is 4. The number of carbonyl (C=O) groups is 3. The van der Waals surface area contributed by atoms with Gasteiger partial charge in [0.1, 0.15) is 13.2 Å². The molecule has 1 amide bonds. The van der Waals surface area contributed by atoms with Gasteiger partial charge in [0.2, 0.25) is 0 Å². The largest absolute Gasteiger partial charge is 0.508 e. The minimum Gasteiger partial charge on any atom is -0.465 e. The Morgan fingerprint density at radius 1 is 0.966 bits per heavy atom. The Hall–Kier alpha value is -2.77. The van der Waals surface area contributed by atoms with Crippen LogP contribution in [0.5, 0.6) is 0 Å². The minimum atomic E-state index is -0.742. The highest BCUT2D eigenvalue weighted by molar-refractivity contribution is 5.69. The number of esters is 1. The van der Waals surface area contributed by atoms with Crippen molar-refractivity contribution in [2.45, 2.75) is 47.6 Å². The molecule has 1 aromatic rings. The van der Waals surface area contributed by atoms with E-state index >= 15 is 0 Å². The van der Waals surface area contributed by atoms with Gasteiger partial charge in [0.05, 0.1) is 13.2 Å². The van der Waals surface area contributed by atoms with Gasteiger partial charge in [0.15, 0.2) is 0 Å². The highest BCUT2D eigenvalue weighted by Gasteiger charge is 2.23. The second-order valence-corrected chi connectivity index (χ2v) is 7.49. The molecule has 0 saturated heterocycles. The monoisotopic (exact) mass is 411 g/mol. The van der Waals surface area contributed by atoms with Crippen molar-refractivity contribution in [2.24, 2.45) is 17.1 Å². The fourth-order valence-electron chi connectivity index (χ4n) is 1.85. The lowest BCUT2D eigenvalue weighted by Gasteiger charge is -2.23. The molecular weight excluding hydrogens is 378 g/mol. The molecule has 1 aromatic carbocycles. The number of primary amides is 1. The Bertz CT molecular complexity index is 615. The van der Waals surface area contributed by atoms with Gasteiger partial charge in [-0.3, -0.25) is 4.79 Å². The summed E-state index contributed by atoms with van der Waals surface area (Å²) in [6.07, 6.45) is -1.04. The quantitative estimate of drug-likeness (QED) is 0.481. The number of benzene rings is 1. The molecule has 0 bridgehead atoms. The van der Waals surface area contributed by atoms with Gasteiger partial charge in [0, 0.05) is 11.8 Å². The van der Waals surface area contributed by atoms with E-state index in [4.69, 9.17) is 15.2 Å². The van der Waals surface area contributed by atoms with Gasteiger partial charge in [-0.2, -0.15) is 0 Å². The molecule has 0 aliphatic carbocycles. The van der Waals surface area contributed by atoms with Crippen LogP contribution < -0.4 is 5.73 Å². The summed E-state index contributed by atoms with van der Waals surface area (Å²) in [5.41, 5.74) is 5.30. The van der Waals surface area contributed by atoms with Gasteiger partial charge in [-0.05, 0) is 18.4 Å². The van der Waals surface area contributed by atoms with E-state index in [9.17, 15) is 14.4 Å². The van der Waals surface area contributed by atoms with Crippen LogP contribution in [0.15, 0.2) is 30.3 Å². The summed E-state index contributed by atoms with van der Waals surface area (Å²) < 4.78 is 19.3. The molecule has 0 fully saturated rings. The maximum atomic E-state index is 11.4. The second kappa shape index (κ2) is 14.3. The normalized spacial score (nSPS) is 10.4. The maximum absolute atomic E-state index is 11.4. The zero-order valence-corrected chi connectivity index (χ0v) is 17.9. The Balaban J connectivity index is 0.000000604. The van der Waals surface area contributed by atoms with E-state index in [1.807, 2.05) is 58.0 Å². The highest BCUT2D eigenvalue weighted by atomic mass is 16.7. The van der Waals surface area contributed by atoms with Crippen LogP contribution in [-0.2, 0) is 30.3 Å². The summed E-state index contributed by atoms with van der Waals surface area (Å²) in [5, 5.41) is 0. The van der Waals surface area contributed by atoms with E-state index in [-0.39, 0.29) is 38.3 Å². The average Bonchev–Trinajstić information content (AvgIpc) is 2.64. The fraction of sp³-hybridized carbons (Fsp3) is 0.571. The highest BCUT2D eigenvalue weighted by Crippen LogP contribution is 2.17. The van der Waals surface area contributed by atoms with Crippen molar-refractivity contribution in [1.29, 1.82) is 0 Å². The van der Waals surface area contributed by atoms with Crippen molar-refractivity contribution >= 4 is 18.2 Å². The first kappa shape index (κ1) is 26.2. The van der Waals surface area contributed by atoms with E-state index in [1.165, 1.54) is 0 Å². The number of carbonyl (C=O) groups excluding carboxylic acids is 3. The zero-order valence-electron chi connectivity index (χ0n) is 17.9. The van der Waals surface area contributed by atoms with Crippen LogP contribution in [0.25, 0.3) is 0 Å². The molecule has 0 aliphatic rings. The van der Waals surface area contributed by atoms with Crippen molar-refractivity contribution in [2.75, 3.05) is 19.8 Å². The molecule has 0 unspecified atom stereocenters. The van der Waals surface area contributed by atoms with Gasteiger partial charge in [-0.1, -0.05) is 58.0 Å². The summed E-state index contributed by atoms with van der Waals surface area (Å²) in [6.45, 7) is 10.2. The fourth-order valence-corrected chi connectivity index (χ4v) is 1.85. The van der Waals surface area contributed by atoms with E-state index in [2.05, 4.69) is 9.47 Å². The third kappa shape index (κ3) is 15.9. The number of amides is 1. The zero-order chi connectivity index (χ0) is 22.3. The third-order valence-corrected chi connectivity index (χ3v) is 3.27. The predicted molar refractivity (Wildman–Crippen MR) is 108 cm³/mol. The lowest BCUT2D eigenvalue weighted by molar-refractivity contribution is -0.148. The van der Waals surface area contributed by atoms with E-state index in [0.29, 0.717) is 6.42 Å². The Kier molecular flexibility index (Phi) is 12.9. The van der Waals surface area contributed by atoms with Crippen LogP contribution in [0, 0.1) is 11.3 Å². The third-order valence-electron chi connectivity index (χ3n) is 3.27. The lowest BCUT2D eigenvalue weighted by Crippen LogP contribution is -2.29. The molecule has 0 aliphatic heterocycles. The number of rotatable bonds is 9. The first-order valence-electron chi connectivity index (χ1n) is 9.47. The number of hydrogen-bond acceptors (Lipinski definition) is 7. The van der Waals surface area contributed by atoms with Crippen molar-refractivity contribution in [1.82, 2.24) is 0 Å². The Morgan fingerprint density at radius 2 is 1.55 bits per heavy atom. The standard InChI is InChI=1S/C13H24O5.C8H9NO2/c1-6-16-12(15)18-9-13(4,5)8-17-11(14)7-10(2)3;9-8(10)11-6-7-4-2-1-3-5-7/h10H,6-9H2,1-5H3;1-5H,6H2,(H2,9,10). The molecule has 164 valence electrons. The SMILES string of the molecule is CCOC(=O)OCC(C)(C)COC(=O)CC(C)C.NC(=O)OCc1ccccc1. The van der Waals surface area contributed by atoms with Crippen LogP contribution >= 0.6 is 0 Å². The van der Waals surface area contributed by atoms with E-state index in [1.54, 1.807) is 6.92 Å². The van der Waals surface area contributed by atoms with Gasteiger partial charge in [-0.15, -0.1) is 0 Å². The predicted octanol–water partition coefficient (Wildman–Crippen LogP) is 4.06. The van der Waals surface area contributed by atoms with Crippen LogP contribution in [0.1, 0.15) is 46.6 Å². The van der Waals surface area contributed by atoms with Crippen LogP contribution in [0.3, 0.4) is 0 Å². The van der Waals surface area contributed by atoms with E-state index < -0.39 is 17.7 Å². The molecule has 2 N–H and O–H groups in total. The molecule has 1 rings (SSSR count). The number of hydrogen-bond donors (Lipinski definition) is 1. The van der Waals surface area contributed by atoms with Gasteiger partial charge in [-0.25, -0.2) is 9.59 Å². The topological polar surface area (TPSA) is 114 Å². The molecule has 29 heavy (non-hydrogen) atoms. The van der Waals surface area contributed by atoms with Gasteiger partial charge >= 0.3 is 18.2 Å². The van der Waals surface area contributed by atoms with Gasteiger partial charge < -0.3 is 24.7 Å². The minimum absolute atomic E-state index is 0.154. The second-order valence-electron chi connectivity index (χ2n) is 7.49. The summed E-state index contributed by atoms with van der Waals surface area (Å²) >= 11 is 0. The van der Waals surface area contributed by atoms with E-state index in [0.717, 1.165) is 5.56 Å². The van der Waals surface area contributed by atoms with Crippen molar-refractivity contribution in [3.05, 3.63) is 35.9 Å². The first-order valence-corrected chi connectivity index (χ1v) is 9.47. The molecule has 0 aromatic heterocycles. The summed E-state index contributed by atoms with van der Waals surface area (Å²) in [5.74, 6) is 0.0469. The van der Waals surface area contributed by atoms with Crippen LogP contribution in [0.2, 0.25) is 0 Å². The Labute approximate surface area is 172 Å². The molecule has 0 heterocycles. The summed E-state index contributed by atoms with van der Waals surface area (Å²) in [4.78, 5) is 32.6. The molecule has 8 nitrogen and oxygen atoms in total.